The highest BCUT2D eigenvalue weighted by molar-refractivity contribution is 5.23. The molecule has 16 heavy (non-hydrogen) atoms. The van der Waals surface area contributed by atoms with Crippen LogP contribution < -0.4 is 5.32 Å². The lowest BCUT2D eigenvalue weighted by atomic mass is 9.81. The van der Waals surface area contributed by atoms with Crippen LogP contribution in [0.1, 0.15) is 17.9 Å². The van der Waals surface area contributed by atoms with E-state index in [-0.39, 0.29) is 18.4 Å². The van der Waals surface area contributed by atoms with Crippen LogP contribution in [0.15, 0.2) is 18.2 Å². The molecule has 2 atom stereocenters. The van der Waals surface area contributed by atoms with Gasteiger partial charge in [-0.2, -0.15) is 0 Å². The molecular formula is C12H15F2NO. The summed E-state index contributed by atoms with van der Waals surface area (Å²) in [4.78, 5) is 0. The molecule has 88 valence electrons. The van der Waals surface area contributed by atoms with Crippen LogP contribution in [-0.2, 0) is 0 Å². The second-order valence-corrected chi connectivity index (χ2v) is 4.22. The fraction of sp³-hybridized carbons (Fsp3) is 0.500. The maximum atomic E-state index is 13.1. The van der Waals surface area contributed by atoms with Gasteiger partial charge in [0.1, 0.15) is 0 Å². The molecule has 0 unspecified atom stereocenters. The summed E-state index contributed by atoms with van der Waals surface area (Å²) in [7, 11) is 0. The Kier molecular flexibility index (Phi) is 3.51. The zero-order valence-corrected chi connectivity index (χ0v) is 8.92. The number of nitrogens with one attached hydrogen (secondary N) is 1. The van der Waals surface area contributed by atoms with Crippen molar-refractivity contribution in [3.05, 3.63) is 35.4 Å². The number of piperidine rings is 1. The van der Waals surface area contributed by atoms with Gasteiger partial charge in [0.15, 0.2) is 11.6 Å². The van der Waals surface area contributed by atoms with Gasteiger partial charge < -0.3 is 10.4 Å². The van der Waals surface area contributed by atoms with E-state index in [0.717, 1.165) is 31.1 Å². The van der Waals surface area contributed by atoms with Gasteiger partial charge in [-0.1, -0.05) is 6.07 Å². The largest absolute Gasteiger partial charge is 0.396 e. The molecule has 1 aliphatic rings. The van der Waals surface area contributed by atoms with E-state index in [1.165, 1.54) is 6.07 Å². The summed E-state index contributed by atoms with van der Waals surface area (Å²) in [5.74, 6) is -1.44. The standard InChI is InChI=1S/C12H15F2NO/c13-11-2-1-8(5-12(11)14)10-3-4-15-6-9(10)7-16/h1-2,5,9-10,15-16H,3-4,6-7H2/t9-,10-/m1/s1. The number of rotatable bonds is 2. The van der Waals surface area contributed by atoms with Crippen molar-refractivity contribution in [1.82, 2.24) is 5.32 Å². The van der Waals surface area contributed by atoms with Gasteiger partial charge in [-0.3, -0.25) is 0 Å². The topological polar surface area (TPSA) is 32.3 Å². The van der Waals surface area contributed by atoms with Crippen LogP contribution in [0, 0.1) is 17.6 Å². The van der Waals surface area contributed by atoms with Crippen LogP contribution in [-0.4, -0.2) is 24.8 Å². The number of halogens is 2. The molecule has 1 aromatic rings. The smallest absolute Gasteiger partial charge is 0.159 e. The van der Waals surface area contributed by atoms with Crippen LogP contribution in [0.3, 0.4) is 0 Å². The van der Waals surface area contributed by atoms with Gasteiger partial charge in [0.05, 0.1) is 0 Å². The lowest BCUT2D eigenvalue weighted by molar-refractivity contribution is 0.179. The van der Waals surface area contributed by atoms with Crippen molar-refractivity contribution >= 4 is 0 Å². The van der Waals surface area contributed by atoms with Gasteiger partial charge in [0.25, 0.3) is 0 Å². The Bertz CT molecular complexity index is 370. The molecule has 4 heteroatoms. The van der Waals surface area contributed by atoms with Crippen molar-refractivity contribution in [3.63, 3.8) is 0 Å². The third-order valence-electron chi connectivity index (χ3n) is 3.21. The fourth-order valence-corrected chi connectivity index (χ4v) is 2.30. The summed E-state index contributed by atoms with van der Waals surface area (Å²) in [6.07, 6.45) is 0.844. The monoisotopic (exact) mass is 227 g/mol. The Morgan fingerprint density at radius 2 is 2.12 bits per heavy atom. The maximum Gasteiger partial charge on any atom is 0.159 e. The summed E-state index contributed by atoms with van der Waals surface area (Å²) < 4.78 is 25.9. The number of hydrogen-bond donors (Lipinski definition) is 2. The van der Waals surface area contributed by atoms with Crippen molar-refractivity contribution in [1.29, 1.82) is 0 Å². The Hall–Kier alpha value is -1.00. The predicted octanol–water partition coefficient (Wildman–Crippen LogP) is 1.65. The van der Waals surface area contributed by atoms with Crippen LogP contribution in [0.4, 0.5) is 8.78 Å². The Balaban J connectivity index is 2.23. The average Bonchev–Trinajstić information content (AvgIpc) is 2.32. The number of aliphatic hydroxyl groups excluding tert-OH is 1. The Morgan fingerprint density at radius 3 is 2.81 bits per heavy atom. The van der Waals surface area contributed by atoms with Gasteiger partial charge in [0.2, 0.25) is 0 Å². The molecule has 0 amide bonds. The van der Waals surface area contributed by atoms with E-state index in [1.807, 2.05) is 0 Å². The molecule has 0 aliphatic carbocycles. The summed E-state index contributed by atoms with van der Waals surface area (Å²) in [6, 6.07) is 4.01. The zero-order valence-electron chi connectivity index (χ0n) is 8.92. The SMILES string of the molecule is OC[C@H]1CNCC[C@@H]1c1ccc(F)c(F)c1. The number of benzene rings is 1. The zero-order chi connectivity index (χ0) is 11.5. The van der Waals surface area contributed by atoms with Crippen molar-refractivity contribution in [2.75, 3.05) is 19.7 Å². The molecule has 2 nitrogen and oxygen atoms in total. The summed E-state index contributed by atoms with van der Waals surface area (Å²) >= 11 is 0. The first kappa shape index (κ1) is 11.5. The van der Waals surface area contributed by atoms with Crippen molar-refractivity contribution < 1.29 is 13.9 Å². The highest BCUT2D eigenvalue weighted by Gasteiger charge is 2.26. The summed E-state index contributed by atoms with van der Waals surface area (Å²) in [5.41, 5.74) is 0.777. The van der Waals surface area contributed by atoms with E-state index in [4.69, 9.17) is 0 Å². The molecule has 0 aromatic heterocycles. The minimum absolute atomic E-state index is 0.0661. The third kappa shape index (κ3) is 2.23. The quantitative estimate of drug-likeness (QED) is 0.805. The summed E-state index contributed by atoms with van der Waals surface area (Å²) in [6.45, 7) is 1.64. The highest BCUT2D eigenvalue weighted by atomic mass is 19.2. The van der Waals surface area contributed by atoms with Crippen LogP contribution in [0.25, 0.3) is 0 Å². The molecule has 1 saturated heterocycles. The van der Waals surface area contributed by atoms with Crippen LogP contribution in [0.5, 0.6) is 0 Å². The second-order valence-electron chi connectivity index (χ2n) is 4.22. The molecule has 2 rings (SSSR count). The predicted molar refractivity (Wildman–Crippen MR) is 57.2 cm³/mol. The Labute approximate surface area is 93.3 Å². The number of hydrogen-bond acceptors (Lipinski definition) is 2. The molecule has 0 bridgehead atoms. The molecule has 0 radical (unpaired) electrons. The van der Waals surface area contributed by atoms with Gasteiger partial charge >= 0.3 is 0 Å². The Morgan fingerprint density at radius 1 is 1.31 bits per heavy atom. The van der Waals surface area contributed by atoms with E-state index >= 15 is 0 Å². The van der Waals surface area contributed by atoms with Crippen LogP contribution in [0.2, 0.25) is 0 Å². The normalized spacial score (nSPS) is 25.7. The first-order valence-corrected chi connectivity index (χ1v) is 5.49. The van der Waals surface area contributed by atoms with Crippen molar-refractivity contribution in [3.8, 4) is 0 Å². The van der Waals surface area contributed by atoms with Crippen LogP contribution >= 0.6 is 0 Å². The van der Waals surface area contributed by atoms with E-state index < -0.39 is 11.6 Å². The van der Waals surface area contributed by atoms with Gasteiger partial charge in [-0.15, -0.1) is 0 Å². The summed E-state index contributed by atoms with van der Waals surface area (Å²) in [5, 5.41) is 12.4. The molecular weight excluding hydrogens is 212 g/mol. The molecule has 1 heterocycles. The van der Waals surface area contributed by atoms with Gasteiger partial charge in [-0.25, -0.2) is 8.78 Å². The third-order valence-corrected chi connectivity index (χ3v) is 3.21. The molecule has 1 fully saturated rings. The lowest BCUT2D eigenvalue weighted by Gasteiger charge is -2.31. The second kappa shape index (κ2) is 4.89. The van der Waals surface area contributed by atoms with Crippen molar-refractivity contribution in [2.45, 2.75) is 12.3 Å². The maximum absolute atomic E-state index is 13.1. The first-order chi connectivity index (χ1) is 7.72. The van der Waals surface area contributed by atoms with Gasteiger partial charge in [0, 0.05) is 19.1 Å². The first-order valence-electron chi connectivity index (χ1n) is 5.49. The average molecular weight is 227 g/mol. The van der Waals surface area contributed by atoms with E-state index in [0.29, 0.717) is 0 Å². The fourth-order valence-electron chi connectivity index (χ4n) is 2.30. The molecule has 1 aliphatic heterocycles. The molecule has 0 saturated carbocycles. The van der Waals surface area contributed by atoms with E-state index in [2.05, 4.69) is 5.32 Å². The van der Waals surface area contributed by atoms with Gasteiger partial charge in [-0.05, 0) is 36.6 Å². The molecule has 1 aromatic carbocycles. The lowest BCUT2D eigenvalue weighted by Crippen LogP contribution is -2.37. The number of aliphatic hydroxyl groups is 1. The minimum Gasteiger partial charge on any atom is -0.396 e. The van der Waals surface area contributed by atoms with E-state index in [1.54, 1.807) is 6.07 Å². The highest BCUT2D eigenvalue weighted by Crippen LogP contribution is 2.30. The van der Waals surface area contributed by atoms with Crippen molar-refractivity contribution in [2.24, 2.45) is 5.92 Å². The molecule has 0 spiro atoms. The van der Waals surface area contributed by atoms with E-state index in [9.17, 15) is 13.9 Å². The molecule has 2 N–H and O–H groups in total. The minimum atomic E-state index is -0.821.